The summed E-state index contributed by atoms with van der Waals surface area (Å²) in [5.74, 6) is 1.36. The van der Waals surface area contributed by atoms with E-state index in [1.165, 1.54) is 12.8 Å². The highest BCUT2D eigenvalue weighted by molar-refractivity contribution is 9.10. The largest absolute Gasteiger partial charge is 0.352 e. The number of benzene rings is 1. The van der Waals surface area contributed by atoms with Crippen molar-refractivity contribution in [2.45, 2.75) is 24.7 Å². The fourth-order valence-electron chi connectivity index (χ4n) is 1.88. The molecular weight excluding hydrogens is 298 g/mol. The third kappa shape index (κ3) is 3.49. The molecule has 1 aromatic rings. The summed E-state index contributed by atoms with van der Waals surface area (Å²) in [6.07, 6.45) is 2.63. The van der Waals surface area contributed by atoms with E-state index in [2.05, 4.69) is 40.8 Å². The van der Waals surface area contributed by atoms with Gasteiger partial charge in [0.2, 0.25) is 0 Å². The highest BCUT2D eigenvalue weighted by Gasteiger charge is 2.27. The molecule has 0 spiro atoms. The van der Waals surface area contributed by atoms with Gasteiger partial charge in [0.05, 0.1) is 5.56 Å². The van der Waals surface area contributed by atoms with Gasteiger partial charge in [-0.25, -0.2) is 0 Å². The van der Waals surface area contributed by atoms with Gasteiger partial charge in [-0.1, -0.05) is 22.9 Å². The highest BCUT2D eigenvalue weighted by Crippen LogP contribution is 2.36. The van der Waals surface area contributed by atoms with Crippen LogP contribution in [0.25, 0.3) is 0 Å². The first-order valence-electron chi connectivity index (χ1n) is 5.84. The molecule has 1 atom stereocenters. The smallest absolute Gasteiger partial charge is 0.252 e. The summed E-state index contributed by atoms with van der Waals surface area (Å²) in [7, 11) is 0. The van der Waals surface area contributed by atoms with Crippen molar-refractivity contribution in [3.63, 3.8) is 0 Å². The van der Waals surface area contributed by atoms with E-state index in [1.54, 1.807) is 6.07 Å². The Hall–Kier alpha value is -0.480. The molecule has 1 saturated carbocycles. The molecule has 0 aliphatic heterocycles. The van der Waals surface area contributed by atoms with E-state index in [9.17, 15) is 4.79 Å². The lowest BCUT2D eigenvalue weighted by Gasteiger charge is -2.12. The van der Waals surface area contributed by atoms with Gasteiger partial charge in [0.1, 0.15) is 0 Å². The second-order valence-electron chi connectivity index (χ2n) is 4.69. The van der Waals surface area contributed by atoms with Crippen LogP contribution in [0.1, 0.15) is 30.1 Å². The lowest BCUT2D eigenvalue weighted by molar-refractivity contribution is 0.0944. The lowest BCUT2D eigenvalue weighted by atomic mass is 10.1. The standard InChI is InChI=1S/C13H16BrNOS/c1-8(9-2-3-9)7-15-13(16)11-5-4-10(14)6-12(11)17/h4-6,8-9,17H,2-3,7H2,1H3,(H,15,16). The molecule has 1 aliphatic carbocycles. The zero-order valence-corrected chi connectivity index (χ0v) is 12.2. The molecule has 0 heterocycles. The molecule has 1 aliphatic rings. The van der Waals surface area contributed by atoms with Crippen LogP contribution in [0.2, 0.25) is 0 Å². The van der Waals surface area contributed by atoms with Gasteiger partial charge >= 0.3 is 0 Å². The van der Waals surface area contributed by atoms with Gasteiger partial charge in [-0.15, -0.1) is 12.6 Å². The predicted molar refractivity (Wildman–Crippen MR) is 75.6 cm³/mol. The summed E-state index contributed by atoms with van der Waals surface area (Å²) in [6, 6.07) is 5.49. The Kier molecular flexibility index (Phi) is 4.15. The molecule has 17 heavy (non-hydrogen) atoms. The SMILES string of the molecule is CC(CNC(=O)c1ccc(Br)cc1S)C1CC1. The summed E-state index contributed by atoms with van der Waals surface area (Å²) >= 11 is 7.67. The van der Waals surface area contributed by atoms with Gasteiger partial charge in [-0.2, -0.15) is 0 Å². The number of carbonyl (C=O) groups is 1. The summed E-state index contributed by atoms with van der Waals surface area (Å²) in [6.45, 7) is 2.95. The number of halogens is 1. The van der Waals surface area contributed by atoms with Gasteiger partial charge in [0.15, 0.2) is 0 Å². The van der Waals surface area contributed by atoms with Crippen molar-refractivity contribution in [3.8, 4) is 0 Å². The maximum Gasteiger partial charge on any atom is 0.252 e. The molecule has 0 bridgehead atoms. The van der Waals surface area contributed by atoms with Gasteiger partial charge in [0.25, 0.3) is 5.91 Å². The molecule has 1 unspecified atom stereocenters. The van der Waals surface area contributed by atoms with Crippen LogP contribution in [0.3, 0.4) is 0 Å². The zero-order valence-electron chi connectivity index (χ0n) is 9.74. The van der Waals surface area contributed by atoms with E-state index in [0.29, 0.717) is 16.4 Å². The second-order valence-corrected chi connectivity index (χ2v) is 6.08. The van der Waals surface area contributed by atoms with Crippen LogP contribution in [-0.4, -0.2) is 12.5 Å². The summed E-state index contributed by atoms with van der Waals surface area (Å²) in [5.41, 5.74) is 0.638. The van der Waals surface area contributed by atoms with Gasteiger partial charge < -0.3 is 5.32 Å². The monoisotopic (exact) mass is 313 g/mol. The first-order valence-corrected chi connectivity index (χ1v) is 7.08. The summed E-state index contributed by atoms with van der Waals surface area (Å²) in [5, 5.41) is 2.98. The van der Waals surface area contributed by atoms with Crippen LogP contribution in [-0.2, 0) is 0 Å². The average Bonchev–Trinajstić information content (AvgIpc) is 3.09. The van der Waals surface area contributed by atoms with Crippen LogP contribution in [0, 0.1) is 11.8 Å². The predicted octanol–water partition coefficient (Wildman–Crippen LogP) is 3.51. The molecular formula is C13H16BrNOS. The Balaban J connectivity index is 1.94. The molecule has 0 saturated heterocycles. The minimum absolute atomic E-state index is 0.0324. The molecule has 1 amide bonds. The number of hydrogen-bond donors (Lipinski definition) is 2. The Morgan fingerprint density at radius 2 is 2.29 bits per heavy atom. The molecule has 1 aromatic carbocycles. The molecule has 2 rings (SSSR count). The van der Waals surface area contributed by atoms with E-state index < -0.39 is 0 Å². The highest BCUT2D eigenvalue weighted by atomic mass is 79.9. The molecule has 2 nitrogen and oxygen atoms in total. The van der Waals surface area contributed by atoms with Crippen molar-refractivity contribution < 1.29 is 4.79 Å². The van der Waals surface area contributed by atoms with Crippen molar-refractivity contribution in [1.82, 2.24) is 5.32 Å². The quantitative estimate of drug-likeness (QED) is 0.818. The minimum Gasteiger partial charge on any atom is -0.352 e. The third-order valence-corrected chi connectivity index (χ3v) is 4.08. The third-order valence-electron chi connectivity index (χ3n) is 3.22. The van der Waals surface area contributed by atoms with E-state index in [4.69, 9.17) is 0 Å². The van der Waals surface area contributed by atoms with E-state index in [1.807, 2.05) is 12.1 Å². The Morgan fingerprint density at radius 1 is 1.59 bits per heavy atom. The maximum atomic E-state index is 11.9. The van der Waals surface area contributed by atoms with E-state index in [0.717, 1.165) is 16.9 Å². The number of thiol groups is 1. The van der Waals surface area contributed by atoms with Crippen LogP contribution in [0.15, 0.2) is 27.6 Å². The summed E-state index contributed by atoms with van der Waals surface area (Å²) < 4.78 is 0.936. The fourth-order valence-corrected chi connectivity index (χ4v) is 2.73. The second kappa shape index (κ2) is 5.44. The van der Waals surface area contributed by atoms with Crippen molar-refractivity contribution >= 4 is 34.5 Å². The summed E-state index contributed by atoms with van der Waals surface area (Å²) in [4.78, 5) is 12.7. The van der Waals surface area contributed by atoms with Gasteiger partial charge in [0, 0.05) is 15.9 Å². The van der Waals surface area contributed by atoms with Crippen molar-refractivity contribution in [3.05, 3.63) is 28.2 Å². The lowest BCUT2D eigenvalue weighted by Crippen LogP contribution is -2.29. The number of hydrogen-bond acceptors (Lipinski definition) is 2. The Morgan fingerprint density at radius 3 is 2.88 bits per heavy atom. The van der Waals surface area contributed by atoms with Crippen molar-refractivity contribution in [1.29, 1.82) is 0 Å². The molecule has 1 N–H and O–H groups in total. The van der Waals surface area contributed by atoms with Gasteiger partial charge in [-0.3, -0.25) is 4.79 Å². The minimum atomic E-state index is -0.0324. The van der Waals surface area contributed by atoms with Crippen LogP contribution in [0.4, 0.5) is 0 Å². The molecule has 0 radical (unpaired) electrons. The first kappa shape index (κ1) is 13.0. The van der Waals surface area contributed by atoms with Crippen molar-refractivity contribution in [2.24, 2.45) is 11.8 Å². The maximum absolute atomic E-state index is 11.9. The normalized spacial score (nSPS) is 16.6. The molecule has 0 aromatic heterocycles. The topological polar surface area (TPSA) is 29.1 Å². The zero-order chi connectivity index (χ0) is 12.4. The molecule has 92 valence electrons. The Bertz CT molecular complexity index is 431. The Labute approximate surface area is 116 Å². The number of nitrogens with one attached hydrogen (secondary N) is 1. The van der Waals surface area contributed by atoms with E-state index >= 15 is 0 Å². The van der Waals surface area contributed by atoms with E-state index in [-0.39, 0.29) is 5.91 Å². The van der Waals surface area contributed by atoms with Gasteiger partial charge in [-0.05, 0) is 42.9 Å². The van der Waals surface area contributed by atoms with Crippen LogP contribution >= 0.6 is 28.6 Å². The molecule has 4 heteroatoms. The fraction of sp³-hybridized carbons (Fsp3) is 0.462. The van der Waals surface area contributed by atoms with Crippen LogP contribution < -0.4 is 5.32 Å². The van der Waals surface area contributed by atoms with Crippen molar-refractivity contribution in [2.75, 3.05) is 6.54 Å². The number of amides is 1. The first-order chi connectivity index (χ1) is 8.08. The molecule has 1 fully saturated rings. The van der Waals surface area contributed by atoms with Crippen LogP contribution in [0.5, 0.6) is 0 Å². The average molecular weight is 314 g/mol. The number of rotatable bonds is 4. The number of carbonyl (C=O) groups excluding carboxylic acids is 1.